The van der Waals surface area contributed by atoms with E-state index < -0.39 is 0 Å². The van der Waals surface area contributed by atoms with Gasteiger partial charge in [-0.05, 0) is 17.7 Å². The van der Waals surface area contributed by atoms with Gasteiger partial charge in [0, 0.05) is 23.7 Å². The molecule has 0 atom stereocenters. The van der Waals surface area contributed by atoms with Crippen LogP contribution in [-0.4, -0.2) is 14.6 Å². The van der Waals surface area contributed by atoms with Gasteiger partial charge in [-0.25, -0.2) is 9.50 Å². The van der Waals surface area contributed by atoms with Gasteiger partial charge in [0.25, 0.3) is 5.56 Å². The Balaban J connectivity index is 2.18. The van der Waals surface area contributed by atoms with Gasteiger partial charge in [-0.2, -0.15) is 0 Å². The molecule has 0 saturated heterocycles. The minimum absolute atomic E-state index is 0.175. The van der Waals surface area contributed by atoms with Gasteiger partial charge in [0.1, 0.15) is 0 Å². The molecule has 0 spiro atoms. The zero-order valence-electron chi connectivity index (χ0n) is 9.93. The number of hydrogen-bond acceptors (Lipinski definition) is 3. The van der Waals surface area contributed by atoms with Crippen molar-refractivity contribution in [2.75, 3.05) is 0 Å². The lowest BCUT2D eigenvalue weighted by Crippen LogP contribution is -2.16. The van der Waals surface area contributed by atoms with Crippen molar-refractivity contribution in [1.82, 2.24) is 14.6 Å². The molecule has 3 aromatic rings. The predicted octanol–water partition coefficient (Wildman–Crippen LogP) is 1.80. The first-order valence-corrected chi connectivity index (χ1v) is 6.13. The van der Waals surface area contributed by atoms with Crippen LogP contribution in [0.25, 0.3) is 16.9 Å². The van der Waals surface area contributed by atoms with Gasteiger partial charge < -0.3 is 5.73 Å². The molecule has 0 unspecified atom stereocenters. The van der Waals surface area contributed by atoms with Crippen LogP contribution in [0.15, 0.2) is 41.2 Å². The topological polar surface area (TPSA) is 76.2 Å². The van der Waals surface area contributed by atoms with Gasteiger partial charge >= 0.3 is 0 Å². The fraction of sp³-hybridized carbons (Fsp3) is 0.0769. The van der Waals surface area contributed by atoms with E-state index in [-0.39, 0.29) is 12.1 Å². The lowest BCUT2D eigenvalue weighted by molar-refractivity contribution is 0.872. The Morgan fingerprint density at radius 2 is 2.00 bits per heavy atom. The Morgan fingerprint density at radius 1 is 1.26 bits per heavy atom. The van der Waals surface area contributed by atoms with Crippen molar-refractivity contribution >= 4 is 17.2 Å². The van der Waals surface area contributed by atoms with Crippen LogP contribution in [0.2, 0.25) is 5.02 Å². The summed E-state index contributed by atoms with van der Waals surface area (Å²) < 4.78 is 1.39. The van der Waals surface area contributed by atoms with Crippen molar-refractivity contribution in [3.05, 3.63) is 57.5 Å². The number of halogens is 1. The van der Waals surface area contributed by atoms with Crippen molar-refractivity contribution in [3.63, 3.8) is 0 Å². The molecule has 1 aromatic carbocycles. The molecule has 0 fully saturated rings. The number of nitrogens with one attached hydrogen (secondary N) is 1. The van der Waals surface area contributed by atoms with Crippen molar-refractivity contribution in [2.24, 2.45) is 5.73 Å². The molecule has 3 rings (SSSR count). The van der Waals surface area contributed by atoms with Gasteiger partial charge in [0.2, 0.25) is 0 Å². The van der Waals surface area contributed by atoms with Crippen molar-refractivity contribution in [2.45, 2.75) is 6.54 Å². The molecule has 0 aliphatic heterocycles. The van der Waals surface area contributed by atoms with Gasteiger partial charge in [-0.3, -0.25) is 9.89 Å². The molecule has 96 valence electrons. The third-order valence-corrected chi connectivity index (χ3v) is 3.12. The molecule has 0 aliphatic rings. The highest BCUT2D eigenvalue weighted by atomic mass is 35.5. The molecule has 0 aliphatic carbocycles. The van der Waals surface area contributed by atoms with E-state index in [1.54, 1.807) is 12.1 Å². The van der Waals surface area contributed by atoms with Gasteiger partial charge in [0.15, 0.2) is 5.65 Å². The average molecular weight is 275 g/mol. The van der Waals surface area contributed by atoms with E-state index in [0.717, 1.165) is 11.3 Å². The first-order chi connectivity index (χ1) is 9.17. The summed E-state index contributed by atoms with van der Waals surface area (Å²) in [7, 11) is 0. The second-order valence-corrected chi connectivity index (χ2v) is 4.60. The number of aromatic nitrogens is 3. The molecule has 3 N–H and O–H groups in total. The Hall–Kier alpha value is -2.11. The lowest BCUT2D eigenvalue weighted by atomic mass is 10.2. The van der Waals surface area contributed by atoms with Gasteiger partial charge in [-0.15, -0.1) is 0 Å². The number of benzene rings is 1. The first kappa shape index (κ1) is 12.0. The Kier molecular flexibility index (Phi) is 2.85. The van der Waals surface area contributed by atoms with Crippen LogP contribution in [0.3, 0.4) is 0 Å². The maximum absolute atomic E-state index is 11.9. The van der Waals surface area contributed by atoms with Crippen molar-refractivity contribution < 1.29 is 0 Å². The highest BCUT2D eigenvalue weighted by Gasteiger charge is 2.07. The number of hydrogen-bond donors (Lipinski definition) is 2. The summed E-state index contributed by atoms with van der Waals surface area (Å²) in [6.07, 6.45) is 0. The lowest BCUT2D eigenvalue weighted by Gasteiger charge is -1.97. The molecular formula is C13H11ClN4O. The molecule has 0 radical (unpaired) electrons. The Bertz CT molecular complexity index is 789. The summed E-state index contributed by atoms with van der Waals surface area (Å²) in [6, 6.07) is 10.6. The third kappa shape index (κ3) is 2.14. The van der Waals surface area contributed by atoms with E-state index in [1.807, 2.05) is 18.2 Å². The van der Waals surface area contributed by atoms with E-state index in [9.17, 15) is 4.79 Å². The zero-order valence-corrected chi connectivity index (χ0v) is 10.7. The maximum atomic E-state index is 11.9. The maximum Gasteiger partial charge on any atom is 0.272 e. The second-order valence-electron chi connectivity index (χ2n) is 4.16. The fourth-order valence-electron chi connectivity index (χ4n) is 1.92. The Labute approximate surface area is 113 Å². The predicted molar refractivity (Wildman–Crippen MR) is 74.2 cm³/mol. The zero-order chi connectivity index (χ0) is 13.4. The van der Waals surface area contributed by atoms with Gasteiger partial charge in [0.05, 0.1) is 11.4 Å². The van der Waals surface area contributed by atoms with Crippen LogP contribution < -0.4 is 11.3 Å². The molecular weight excluding hydrogens is 264 g/mol. The molecule has 2 heterocycles. The normalized spacial score (nSPS) is 11.1. The molecule has 2 aromatic heterocycles. The summed E-state index contributed by atoms with van der Waals surface area (Å²) in [4.78, 5) is 16.2. The molecule has 6 heteroatoms. The van der Waals surface area contributed by atoms with E-state index in [0.29, 0.717) is 16.4 Å². The van der Waals surface area contributed by atoms with Crippen molar-refractivity contribution in [1.29, 1.82) is 0 Å². The number of rotatable bonds is 2. The van der Waals surface area contributed by atoms with Crippen LogP contribution >= 0.6 is 11.6 Å². The molecule has 0 amide bonds. The average Bonchev–Trinajstić information content (AvgIpc) is 2.84. The van der Waals surface area contributed by atoms with Crippen LogP contribution in [-0.2, 0) is 6.54 Å². The van der Waals surface area contributed by atoms with Gasteiger partial charge in [-0.1, -0.05) is 23.7 Å². The monoisotopic (exact) mass is 274 g/mol. The Morgan fingerprint density at radius 3 is 2.68 bits per heavy atom. The quantitative estimate of drug-likeness (QED) is 0.748. The van der Waals surface area contributed by atoms with Crippen molar-refractivity contribution in [3.8, 4) is 11.3 Å². The van der Waals surface area contributed by atoms with Crippen LogP contribution in [0.1, 0.15) is 5.69 Å². The summed E-state index contributed by atoms with van der Waals surface area (Å²) in [6.45, 7) is 0.243. The van der Waals surface area contributed by atoms with E-state index in [1.165, 1.54) is 10.6 Å². The first-order valence-electron chi connectivity index (χ1n) is 5.75. The van der Waals surface area contributed by atoms with E-state index in [4.69, 9.17) is 17.3 Å². The smallest absolute Gasteiger partial charge is 0.272 e. The highest BCUT2D eigenvalue weighted by Crippen LogP contribution is 2.20. The number of nitrogens with zero attached hydrogens (tertiary/aromatic N) is 2. The third-order valence-electron chi connectivity index (χ3n) is 2.87. The number of fused-ring (bicyclic) bond motifs is 1. The number of aromatic amines is 1. The minimum Gasteiger partial charge on any atom is -0.325 e. The standard InChI is InChI=1S/C13H11ClN4O/c14-9-3-1-8(2-4-9)11-6-12-16-10(7-15)5-13(19)18(12)17-11/h1-6,17H,7,15H2. The molecule has 5 nitrogen and oxygen atoms in total. The van der Waals surface area contributed by atoms with E-state index >= 15 is 0 Å². The molecule has 0 saturated carbocycles. The van der Waals surface area contributed by atoms with Crippen LogP contribution in [0.5, 0.6) is 0 Å². The number of H-pyrrole nitrogens is 1. The summed E-state index contributed by atoms with van der Waals surface area (Å²) in [5, 5.41) is 3.68. The highest BCUT2D eigenvalue weighted by molar-refractivity contribution is 6.30. The second kappa shape index (κ2) is 4.53. The largest absolute Gasteiger partial charge is 0.325 e. The fourth-order valence-corrected chi connectivity index (χ4v) is 2.05. The van der Waals surface area contributed by atoms with Crippen LogP contribution in [0.4, 0.5) is 0 Å². The summed E-state index contributed by atoms with van der Waals surface area (Å²) in [5.41, 5.74) is 8.20. The van der Waals surface area contributed by atoms with Crippen LogP contribution in [0, 0.1) is 0 Å². The molecule has 0 bridgehead atoms. The molecule has 19 heavy (non-hydrogen) atoms. The minimum atomic E-state index is -0.175. The SMILES string of the molecule is NCc1cc(=O)n2[nH]c(-c3ccc(Cl)cc3)cc2n1. The number of nitrogens with two attached hydrogens (primary N) is 1. The summed E-state index contributed by atoms with van der Waals surface area (Å²) >= 11 is 5.85. The van der Waals surface area contributed by atoms with E-state index in [2.05, 4.69) is 10.1 Å². The summed E-state index contributed by atoms with van der Waals surface area (Å²) in [5.74, 6) is 0.